The first-order chi connectivity index (χ1) is 13.0. The molecule has 0 radical (unpaired) electrons. The summed E-state index contributed by atoms with van der Waals surface area (Å²) in [7, 11) is 1.51. The number of carbonyl (C=O) groups is 2. The molecular weight excluding hydrogens is 348 g/mol. The molecule has 27 heavy (non-hydrogen) atoms. The third kappa shape index (κ3) is 6.22. The molecule has 0 aliphatic heterocycles. The van der Waals surface area contributed by atoms with Gasteiger partial charge in [-0.05, 0) is 43.2 Å². The van der Waals surface area contributed by atoms with Crippen LogP contribution in [-0.4, -0.2) is 31.6 Å². The smallest absolute Gasteiger partial charge is 0.279 e. The van der Waals surface area contributed by atoms with E-state index in [-0.39, 0.29) is 6.61 Å². The summed E-state index contributed by atoms with van der Waals surface area (Å²) in [5.74, 6) is 0.564. The number of ether oxygens (including phenoxy) is 3. The van der Waals surface area contributed by atoms with E-state index in [1.165, 1.54) is 12.7 Å². The number of nitrogens with one attached hydrogen (secondary N) is 2. The van der Waals surface area contributed by atoms with Crippen molar-refractivity contribution in [1.29, 1.82) is 0 Å². The van der Waals surface area contributed by atoms with Gasteiger partial charge in [-0.15, -0.1) is 0 Å². The number of hydrazine groups is 1. The molecule has 1 atom stereocenters. The minimum atomic E-state index is -0.770. The van der Waals surface area contributed by atoms with Crippen LogP contribution in [0.15, 0.2) is 48.5 Å². The predicted octanol–water partition coefficient (Wildman–Crippen LogP) is 2.25. The van der Waals surface area contributed by atoms with E-state index < -0.39 is 17.9 Å². The van der Waals surface area contributed by atoms with Crippen LogP contribution >= 0.6 is 0 Å². The highest BCUT2D eigenvalue weighted by atomic mass is 16.5. The lowest BCUT2D eigenvalue weighted by Crippen LogP contribution is -2.48. The van der Waals surface area contributed by atoms with Crippen molar-refractivity contribution in [3.63, 3.8) is 0 Å². The van der Waals surface area contributed by atoms with E-state index >= 15 is 0 Å². The topological polar surface area (TPSA) is 85.9 Å². The average molecular weight is 372 g/mol. The van der Waals surface area contributed by atoms with Gasteiger partial charge in [0, 0.05) is 0 Å². The van der Waals surface area contributed by atoms with Crippen molar-refractivity contribution < 1.29 is 23.8 Å². The van der Waals surface area contributed by atoms with Crippen LogP contribution in [-0.2, 0) is 16.0 Å². The zero-order valence-corrected chi connectivity index (χ0v) is 15.7. The molecule has 0 fully saturated rings. The van der Waals surface area contributed by atoms with Gasteiger partial charge in [0.25, 0.3) is 11.8 Å². The van der Waals surface area contributed by atoms with Crippen LogP contribution < -0.4 is 25.1 Å². The highest BCUT2D eigenvalue weighted by molar-refractivity contribution is 5.85. The van der Waals surface area contributed by atoms with Gasteiger partial charge < -0.3 is 14.2 Å². The quantitative estimate of drug-likeness (QED) is 0.694. The van der Waals surface area contributed by atoms with E-state index in [1.54, 1.807) is 31.2 Å². The molecule has 2 rings (SSSR count). The monoisotopic (exact) mass is 372 g/mol. The molecule has 0 spiro atoms. The number of carbonyl (C=O) groups excluding carboxylic acids is 2. The van der Waals surface area contributed by atoms with Crippen LogP contribution in [0.3, 0.4) is 0 Å². The molecule has 2 N–H and O–H groups in total. The van der Waals surface area contributed by atoms with Gasteiger partial charge in [-0.2, -0.15) is 0 Å². The predicted molar refractivity (Wildman–Crippen MR) is 101 cm³/mol. The summed E-state index contributed by atoms with van der Waals surface area (Å²) in [6.45, 7) is 3.39. The number of hydrogen-bond donors (Lipinski definition) is 2. The molecule has 0 aliphatic carbocycles. The summed E-state index contributed by atoms with van der Waals surface area (Å²) >= 11 is 0. The second-order valence-corrected chi connectivity index (χ2v) is 5.73. The first kappa shape index (κ1) is 20.1. The molecule has 0 unspecified atom stereocenters. The first-order valence-electron chi connectivity index (χ1n) is 8.63. The molecule has 2 aromatic rings. The Morgan fingerprint density at radius 2 is 1.67 bits per heavy atom. The van der Waals surface area contributed by atoms with Crippen molar-refractivity contribution in [3.8, 4) is 17.2 Å². The number of amides is 2. The fraction of sp³-hybridized carbons (Fsp3) is 0.300. The summed E-state index contributed by atoms with van der Waals surface area (Å²) in [5, 5.41) is 0. The zero-order valence-electron chi connectivity index (χ0n) is 15.7. The maximum Gasteiger partial charge on any atom is 0.279 e. The van der Waals surface area contributed by atoms with E-state index in [9.17, 15) is 9.59 Å². The highest BCUT2D eigenvalue weighted by Gasteiger charge is 2.16. The SMILES string of the molecule is CCc1ccc(O[C@H](C)C(=O)NNC(=O)COc2ccccc2OC)cc1. The Morgan fingerprint density at radius 1 is 1.00 bits per heavy atom. The van der Waals surface area contributed by atoms with Gasteiger partial charge in [0.1, 0.15) is 5.75 Å². The molecule has 144 valence electrons. The summed E-state index contributed by atoms with van der Waals surface area (Å²) < 4.78 is 16.1. The maximum atomic E-state index is 12.0. The van der Waals surface area contributed by atoms with Gasteiger partial charge in [0.05, 0.1) is 7.11 Å². The Kier molecular flexibility index (Phi) is 7.49. The number of benzene rings is 2. The summed E-state index contributed by atoms with van der Waals surface area (Å²) in [4.78, 5) is 23.9. The van der Waals surface area contributed by atoms with E-state index in [4.69, 9.17) is 14.2 Å². The van der Waals surface area contributed by atoms with Crippen molar-refractivity contribution in [2.75, 3.05) is 13.7 Å². The van der Waals surface area contributed by atoms with Crippen LogP contribution in [0, 0.1) is 0 Å². The van der Waals surface area contributed by atoms with E-state index in [1.807, 2.05) is 24.3 Å². The second kappa shape index (κ2) is 10.1. The number of aryl methyl sites for hydroxylation is 1. The van der Waals surface area contributed by atoms with Crippen molar-refractivity contribution >= 4 is 11.8 Å². The Hall–Kier alpha value is -3.22. The lowest BCUT2D eigenvalue weighted by atomic mass is 10.2. The largest absolute Gasteiger partial charge is 0.493 e. The van der Waals surface area contributed by atoms with Crippen molar-refractivity contribution in [3.05, 3.63) is 54.1 Å². The Labute approximate surface area is 158 Å². The lowest BCUT2D eigenvalue weighted by molar-refractivity contribution is -0.133. The Morgan fingerprint density at radius 3 is 2.30 bits per heavy atom. The van der Waals surface area contributed by atoms with Crippen molar-refractivity contribution in [2.45, 2.75) is 26.4 Å². The molecule has 7 heteroatoms. The summed E-state index contributed by atoms with van der Waals surface area (Å²) in [5.41, 5.74) is 5.79. The standard InChI is InChI=1S/C20H24N2O5/c1-4-15-9-11-16(12-10-15)27-14(2)20(24)22-21-19(23)13-26-18-8-6-5-7-17(18)25-3/h5-12,14H,4,13H2,1-3H3,(H,21,23)(H,22,24)/t14-/m1/s1. The lowest BCUT2D eigenvalue weighted by Gasteiger charge is -2.15. The molecule has 0 aliphatic rings. The number of hydrogen-bond acceptors (Lipinski definition) is 5. The number of methoxy groups -OCH3 is 1. The third-order valence-corrected chi connectivity index (χ3v) is 3.77. The first-order valence-corrected chi connectivity index (χ1v) is 8.63. The van der Waals surface area contributed by atoms with Crippen LogP contribution in [0.5, 0.6) is 17.2 Å². The van der Waals surface area contributed by atoms with Crippen LogP contribution in [0.2, 0.25) is 0 Å². The molecule has 2 amide bonds. The molecule has 0 bridgehead atoms. The third-order valence-electron chi connectivity index (χ3n) is 3.77. The fourth-order valence-corrected chi connectivity index (χ4v) is 2.21. The van der Waals surface area contributed by atoms with Crippen LogP contribution in [0.4, 0.5) is 0 Å². The van der Waals surface area contributed by atoms with E-state index in [0.717, 1.165) is 6.42 Å². The number of para-hydroxylation sites is 2. The van der Waals surface area contributed by atoms with Gasteiger partial charge in [-0.25, -0.2) is 0 Å². The Balaban J connectivity index is 1.75. The molecular formula is C20H24N2O5. The van der Waals surface area contributed by atoms with Gasteiger partial charge in [-0.1, -0.05) is 31.2 Å². The van der Waals surface area contributed by atoms with Gasteiger partial charge in [0.15, 0.2) is 24.2 Å². The van der Waals surface area contributed by atoms with Gasteiger partial charge in [0.2, 0.25) is 0 Å². The van der Waals surface area contributed by atoms with Gasteiger partial charge >= 0.3 is 0 Å². The second-order valence-electron chi connectivity index (χ2n) is 5.73. The molecule has 0 saturated carbocycles. The van der Waals surface area contributed by atoms with Crippen LogP contribution in [0.1, 0.15) is 19.4 Å². The number of rotatable bonds is 8. The highest BCUT2D eigenvalue weighted by Crippen LogP contribution is 2.25. The zero-order chi connectivity index (χ0) is 19.6. The minimum Gasteiger partial charge on any atom is -0.493 e. The molecule has 0 aromatic heterocycles. The molecule has 0 heterocycles. The van der Waals surface area contributed by atoms with Crippen molar-refractivity contribution in [2.24, 2.45) is 0 Å². The normalized spacial score (nSPS) is 11.2. The fourth-order valence-electron chi connectivity index (χ4n) is 2.21. The minimum absolute atomic E-state index is 0.269. The maximum absolute atomic E-state index is 12.0. The van der Waals surface area contributed by atoms with E-state index in [0.29, 0.717) is 17.2 Å². The molecule has 2 aromatic carbocycles. The van der Waals surface area contributed by atoms with E-state index in [2.05, 4.69) is 17.8 Å². The summed E-state index contributed by atoms with van der Waals surface area (Å²) in [6.07, 6.45) is 0.159. The molecule has 7 nitrogen and oxygen atoms in total. The Bertz CT molecular complexity index is 761. The van der Waals surface area contributed by atoms with Crippen LogP contribution in [0.25, 0.3) is 0 Å². The average Bonchev–Trinajstić information content (AvgIpc) is 2.71. The summed E-state index contributed by atoms with van der Waals surface area (Å²) in [6, 6.07) is 14.5. The van der Waals surface area contributed by atoms with Crippen molar-refractivity contribution in [1.82, 2.24) is 10.9 Å². The molecule has 0 saturated heterocycles. The van der Waals surface area contributed by atoms with Gasteiger partial charge in [-0.3, -0.25) is 20.4 Å².